The highest BCUT2D eigenvalue weighted by atomic mass is 16.3. The fourth-order valence-corrected chi connectivity index (χ4v) is 3.20. The number of aliphatic hydroxyl groups is 1. The van der Waals surface area contributed by atoms with Crippen LogP contribution >= 0.6 is 0 Å². The Morgan fingerprint density at radius 2 is 2.12 bits per heavy atom. The Bertz CT molecular complexity index is 402. The maximum Gasteiger partial charge on any atom is 0.0540 e. The molecule has 94 valence electrons. The third-order valence-corrected chi connectivity index (χ3v) is 4.02. The molecule has 1 fully saturated rings. The van der Waals surface area contributed by atoms with E-state index in [9.17, 15) is 5.11 Å². The Kier molecular flexibility index (Phi) is 3.55. The molecule has 1 unspecified atom stereocenters. The largest absolute Gasteiger partial charge is 0.395 e. The van der Waals surface area contributed by atoms with Gasteiger partial charge in [0.1, 0.15) is 0 Å². The molecule has 0 amide bonds. The van der Waals surface area contributed by atoms with Gasteiger partial charge in [-0.15, -0.1) is 0 Å². The third kappa shape index (κ3) is 2.38. The Morgan fingerprint density at radius 1 is 1.35 bits per heavy atom. The topological polar surface area (TPSA) is 23.5 Å². The molecule has 0 spiro atoms. The maximum absolute atomic E-state index is 9.88. The Hall–Kier alpha value is -0.860. The van der Waals surface area contributed by atoms with Gasteiger partial charge >= 0.3 is 0 Å². The number of aliphatic hydroxyl groups excluding tert-OH is 1. The minimum Gasteiger partial charge on any atom is -0.395 e. The van der Waals surface area contributed by atoms with Gasteiger partial charge in [0, 0.05) is 12.0 Å². The Labute approximate surface area is 104 Å². The molecular weight excluding hydrogens is 210 g/mol. The van der Waals surface area contributed by atoms with Gasteiger partial charge in [0.2, 0.25) is 0 Å². The molecule has 0 aliphatic carbocycles. The van der Waals surface area contributed by atoms with Crippen LogP contribution in [0.4, 0.5) is 0 Å². The van der Waals surface area contributed by atoms with Gasteiger partial charge in [0.05, 0.1) is 6.61 Å². The van der Waals surface area contributed by atoms with Crippen LogP contribution in [0.1, 0.15) is 29.5 Å². The first kappa shape index (κ1) is 12.6. The zero-order valence-corrected chi connectivity index (χ0v) is 11.2. The SMILES string of the molecule is Cc1ccc(C2(CO)CCCN(C)C2)c(C)c1. The predicted molar refractivity (Wildman–Crippen MR) is 71.4 cm³/mol. The second-order valence-corrected chi connectivity index (χ2v) is 5.60. The van der Waals surface area contributed by atoms with Crippen molar-refractivity contribution >= 4 is 0 Å². The first-order valence-corrected chi connectivity index (χ1v) is 6.44. The van der Waals surface area contributed by atoms with E-state index in [1.807, 2.05) is 0 Å². The zero-order chi connectivity index (χ0) is 12.5. The number of benzene rings is 1. The molecule has 0 bridgehead atoms. The normalized spacial score (nSPS) is 26.1. The average molecular weight is 233 g/mol. The molecule has 17 heavy (non-hydrogen) atoms. The van der Waals surface area contributed by atoms with Crippen LogP contribution in [-0.4, -0.2) is 36.8 Å². The van der Waals surface area contributed by atoms with Crippen molar-refractivity contribution in [3.63, 3.8) is 0 Å². The second kappa shape index (κ2) is 4.79. The first-order valence-electron chi connectivity index (χ1n) is 6.44. The van der Waals surface area contributed by atoms with Crippen LogP contribution in [-0.2, 0) is 5.41 Å². The van der Waals surface area contributed by atoms with Crippen molar-refractivity contribution in [1.82, 2.24) is 4.90 Å². The van der Waals surface area contributed by atoms with Crippen molar-refractivity contribution in [3.8, 4) is 0 Å². The summed E-state index contributed by atoms with van der Waals surface area (Å²) in [7, 11) is 2.15. The summed E-state index contributed by atoms with van der Waals surface area (Å²) in [6.07, 6.45) is 2.27. The van der Waals surface area contributed by atoms with Gasteiger partial charge < -0.3 is 10.0 Å². The highest BCUT2D eigenvalue weighted by Crippen LogP contribution is 2.35. The molecule has 1 aliphatic heterocycles. The summed E-state index contributed by atoms with van der Waals surface area (Å²) in [6, 6.07) is 6.59. The van der Waals surface area contributed by atoms with Crippen molar-refractivity contribution in [2.45, 2.75) is 32.1 Å². The van der Waals surface area contributed by atoms with E-state index < -0.39 is 0 Å². The predicted octanol–water partition coefficient (Wildman–Crippen LogP) is 2.26. The standard InChI is InChI=1S/C15H23NO/c1-12-5-6-14(13(2)9-12)15(11-17)7-4-8-16(3)10-15/h5-6,9,17H,4,7-8,10-11H2,1-3H3. The van der Waals surface area contributed by atoms with Gasteiger partial charge in [0.15, 0.2) is 0 Å². The van der Waals surface area contributed by atoms with Crippen molar-refractivity contribution in [1.29, 1.82) is 0 Å². The Balaban J connectivity index is 2.40. The summed E-state index contributed by atoms with van der Waals surface area (Å²) in [5.41, 5.74) is 3.89. The van der Waals surface area contributed by atoms with Gasteiger partial charge in [-0.05, 0) is 51.4 Å². The highest BCUT2D eigenvalue weighted by Gasteiger charge is 2.36. The van der Waals surface area contributed by atoms with Crippen LogP contribution in [0.2, 0.25) is 0 Å². The summed E-state index contributed by atoms with van der Waals surface area (Å²) in [4.78, 5) is 2.33. The van der Waals surface area contributed by atoms with Crippen LogP contribution in [0.3, 0.4) is 0 Å². The number of hydrogen-bond acceptors (Lipinski definition) is 2. The summed E-state index contributed by atoms with van der Waals surface area (Å²) in [5.74, 6) is 0. The van der Waals surface area contributed by atoms with E-state index in [0.29, 0.717) is 0 Å². The zero-order valence-electron chi connectivity index (χ0n) is 11.2. The lowest BCUT2D eigenvalue weighted by molar-refractivity contribution is 0.104. The minimum atomic E-state index is -0.0508. The fourth-order valence-electron chi connectivity index (χ4n) is 3.20. The molecule has 1 aliphatic rings. The second-order valence-electron chi connectivity index (χ2n) is 5.60. The van der Waals surface area contributed by atoms with Crippen LogP contribution in [0.5, 0.6) is 0 Å². The molecule has 2 rings (SSSR count). The molecule has 1 aromatic carbocycles. The Morgan fingerprint density at radius 3 is 2.71 bits per heavy atom. The van der Waals surface area contributed by atoms with E-state index in [0.717, 1.165) is 19.5 Å². The highest BCUT2D eigenvalue weighted by molar-refractivity contribution is 5.37. The molecule has 1 atom stereocenters. The molecule has 1 heterocycles. The third-order valence-electron chi connectivity index (χ3n) is 4.02. The van der Waals surface area contributed by atoms with Crippen LogP contribution in [0, 0.1) is 13.8 Å². The van der Waals surface area contributed by atoms with E-state index in [-0.39, 0.29) is 12.0 Å². The van der Waals surface area contributed by atoms with Crippen molar-refractivity contribution in [2.75, 3.05) is 26.7 Å². The van der Waals surface area contributed by atoms with Crippen LogP contribution in [0.25, 0.3) is 0 Å². The van der Waals surface area contributed by atoms with Gasteiger partial charge in [-0.2, -0.15) is 0 Å². The van der Waals surface area contributed by atoms with Crippen LogP contribution < -0.4 is 0 Å². The summed E-state index contributed by atoms with van der Waals surface area (Å²) < 4.78 is 0. The quantitative estimate of drug-likeness (QED) is 0.847. The molecule has 1 aromatic rings. The van der Waals surface area contributed by atoms with Gasteiger partial charge in [-0.1, -0.05) is 23.8 Å². The average Bonchev–Trinajstić information content (AvgIpc) is 2.28. The lowest BCUT2D eigenvalue weighted by Crippen LogP contribution is -2.47. The molecule has 0 saturated carbocycles. The maximum atomic E-state index is 9.88. The number of aryl methyl sites for hydroxylation is 2. The molecule has 1 N–H and O–H groups in total. The van der Waals surface area contributed by atoms with Crippen molar-refractivity contribution in [3.05, 3.63) is 34.9 Å². The lowest BCUT2D eigenvalue weighted by Gasteiger charge is -2.41. The number of nitrogens with zero attached hydrogens (tertiary/aromatic N) is 1. The summed E-state index contributed by atoms with van der Waals surface area (Å²) in [6.45, 7) is 6.64. The number of likely N-dealkylation sites (N-methyl/N-ethyl adjacent to an activating group) is 1. The molecule has 2 nitrogen and oxygen atoms in total. The summed E-state index contributed by atoms with van der Waals surface area (Å²) >= 11 is 0. The number of likely N-dealkylation sites (tertiary alicyclic amines) is 1. The molecule has 0 aromatic heterocycles. The summed E-state index contributed by atoms with van der Waals surface area (Å²) in [5, 5.41) is 9.88. The smallest absolute Gasteiger partial charge is 0.0540 e. The minimum absolute atomic E-state index is 0.0508. The van der Waals surface area contributed by atoms with Gasteiger partial charge in [-0.3, -0.25) is 0 Å². The van der Waals surface area contributed by atoms with Gasteiger partial charge in [-0.25, -0.2) is 0 Å². The molecule has 0 radical (unpaired) electrons. The van der Waals surface area contributed by atoms with Crippen molar-refractivity contribution in [2.24, 2.45) is 0 Å². The van der Waals surface area contributed by atoms with E-state index in [1.54, 1.807) is 0 Å². The van der Waals surface area contributed by atoms with Crippen molar-refractivity contribution < 1.29 is 5.11 Å². The fraction of sp³-hybridized carbons (Fsp3) is 0.600. The van der Waals surface area contributed by atoms with Crippen LogP contribution in [0.15, 0.2) is 18.2 Å². The van der Waals surface area contributed by atoms with E-state index >= 15 is 0 Å². The molecular formula is C15H23NO. The van der Waals surface area contributed by atoms with Gasteiger partial charge in [0.25, 0.3) is 0 Å². The van der Waals surface area contributed by atoms with E-state index in [2.05, 4.69) is 44.0 Å². The number of rotatable bonds is 2. The van der Waals surface area contributed by atoms with E-state index in [4.69, 9.17) is 0 Å². The molecule has 1 saturated heterocycles. The number of piperidine rings is 1. The molecule has 2 heteroatoms. The monoisotopic (exact) mass is 233 g/mol. The van der Waals surface area contributed by atoms with E-state index in [1.165, 1.54) is 23.1 Å². The lowest BCUT2D eigenvalue weighted by atomic mass is 9.73. The first-order chi connectivity index (χ1) is 8.07. The number of hydrogen-bond donors (Lipinski definition) is 1.